The number of hydrogen-bond acceptors (Lipinski definition) is 1. The fourth-order valence-corrected chi connectivity index (χ4v) is 1.60. The Morgan fingerprint density at radius 1 is 1.00 bits per heavy atom. The second-order valence-corrected chi connectivity index (χ2v) is 3.94. The summed E-state index contributed by atoms with van der Waals surface area (Å²) in [5.74, 6) is -0.840. The molecule has 0 amide bonds. The molecule has 0 aliphatic rings. The average molecular weight is 320 g/mol. The van der Waals surface area contributed by atoms with Crippen LogP contribution in [0.5, 0.6) is 0 Å². The van der Waals surface area contributed by atoms with E-state index in [4.69, 9.17) is 5.11 Å². The number of halogens is 1. The molecule has 0 atom stereocenters. The first-order valence-corrected chi connectivity index (χ1v) is 5.68. The predicted octanol–water partition coefficient (Wildman–Crippen LogP) is -0.767. The van der Waals surface area contributed by atoms with Crippen LogP contribution in [-0.2, 0) is 11.3 Å². The maximum atomic E-state index is 10.5. The third kappa shape index (κ3) is 5.06. The number of pyridine rings is 1. The second kappa shape index (κ2) is 7.48. The second-order valence-electron chi connectivity index (χ2n) is 3.94. The van der Waals surface area contributed by atoms with Gasteiger partial charge in [-0.2, -0.15) is 4.57 Å². The van der Waals surface area contributed by atoms with E-state index >= 15 is 0 Å². The van der Waals surface area contributed by atoms with Crippen molar-refractivity contribution in [2.75, 3.05) is 0 Å². The average Bonchev–Trinajstić information content (AvgIpc) is 2.38. The molecule has 98 valence electrons. The summed E-state index contributed by atoms with van der Waals surface area (Å²) >= 11 is 0. The summed E-state index contributed by atoms with van der Waals surface area (Å²) in [5.41, 5.74) is 2.18. The summed E-state index contributed by atoms with van der Waals surface area (Å²) in [5, 5.41) is 8.65. The molecule has 0 fully saturated rings. The fraction of sp³-hybridized carbons (Fsp3) is 0.0667. The molecule has 1 aromatic carbocycles. The molecule has 0 saturated heterocycles. The van der Waals surface area contributed by atoms with Gasteiger partial charge in [-0.3, -0.25) is 0 Å². The Kier molecular flexibility index (Phi) is 5.96. The Morgan fingerprint density at radius 3 is 2.05 bits per heavy atom. The maximum absolute atomic E-state index is 10.5. The van der Waals surface area contributed by atoms with E-state index in [2.05, 4.69) is 0 Å². The zero-order chi connectivity index (χ0) is 12.8. The molecule has 19 heavy (non-hydrogen) atoms. The van der Waals surface area contributed by atoms with Gasteiger partial charge in [0.1, 0.15) is 0 Å². The van der Waals surface area contributed by atoms with Crippen LogP contribution in [0.1, 0.15) is 11.1 Å². The number of nitrogens with zero attached hydrogens (tertiary/aromatic N) is 1. The zero-order valence-corrected chi connectivity index (χ0v) is 11.8. The Balaban J connectivity index is 0.00000180. The van der Waals surface area contributed by atoms with Crippen LogP contribution < -0.4 is 21.5 Å². The van der Waals surface area contributed by atoms with Crippen molar-refractivity contribution >= 4 is 18.1 Å². The third-order valence-electron chi connectivity index (χ3n) is 2.50. The highest BCUT2D eigenvalue weighted by Gasteiger charge is 2.05. The molecule has 0 spiro atoms. The molecule has 0 unspecified atom stereocenters. The first kappa shape index (κ1) is 15.1. The summed E-state index contributed by atoms with van der Waals surface area (Å²) in [6.45, 7) is -0.0112. The van der Waals surface area contributed by atoms with Gasteiger partial charge in [0.15, 0.2) is 12.4 Å². The van der Waals surface area contributed by atoms with Gasteiger partial charge in [0.2, 0.25) is 6.54 Å². The lowest BCUT2D eigenvalue weighted by molar-refractivity contribution is -0.685. The summed E-state index contributed by atoms with van der Waals surface area (Å²) in [6.07, 6.45) is 7.55. The van der Waals surface area contributed by atoms with E-state index in [-0.39, 0.29) is 23.5 Å². The molecule has 0 bridgehead atoms. The molecule has 1 N–H and O–H groups in total. The lowest BCUT2D eigenvalue weighted by Crippen LogP contribution is -3.00. The van der Waals surface area contributed by atoms with Crippen molar-refractivity contribution < 1.29 is 31.4 Å². The number of aromatic nitrogens is 1. The molecule has 4 heteroatoms. The zero-order valence-electron chi connectivity index (χ0n) is 10.2. The van der Waals surface area contributed by atoms with Crippen molar-refractivity contribution in [3.8, 4) is 0 Å². The van der Waals surface area contributed by atoms with Crippen LogP contribution in [0.15, 0.2) is 54.9 Å². The van der Waals surface area contributed by atoms with Gasteiger partial charge in [0, 0.05) is 12.1 Å². The SMILES string of the molecule is O=C(O)C[n+]1ccc(/C=C\c2ccccc2)cc1.[Br-]. The lowest BCUT2D eigenvalue weighted by Gasteiger charge is -1.94. The lowest BCUT2D eigenvalue weighted by atomic mass is 10.1. The van der Waals surface area contributed by atoms with Crippen molar-refractivity contribution in [2.45, 2.75) is 6.54 Å². The van der Waals surface area contributed by atoms with Crippen molar-refractivity contribution in [1.82, 2.24) is 0 Å². The van der Waals surface area contributed by atoms with Crippen LogP contribution >= 0.6 is 0 Å². The van der Waals surface area contributed by atoms with Gasteiger partial charge in [-0.1, -0.05) is 42.5 Å². The van der Waals surface area contributed by atoms with Crippen LogP contribution in [0.4, 0.5) is 0 Å². The van der Waals surface area contributed by atoms with Crippen molar-refractivity contribution in [3.05, 3.63) is 66.0 Å². The summed E-state index contributed by atoms with van der Waals surface area (Å²) in [6, 6.07) is 13.8. The summed E-state index contributed by atoms with van der Waals surface area (Å²) in [7, 11) is 0. The smallest absolute Gasteiger partial charge is 0.370 e. The predicted molar refractivity (Wildman–Crippen MR) is 69.6 cm³/mol. The number of aliphatic carboxylic acids is 1. The van der Waals surface area contributed by atoms with Crippen molar-refractivity contribution in [1.29, 1.82) is 0 Å². The highest BCUT2D eigenvalue weighted by atomic mass is 79.9. The van der Waals surface area contributed by atoms with Gasteiger partial charge in [0.05, 0.1) is 0 Å². The fourth-order valence-electron chi connectivity index (χ4n) is 1.60. The molecular formula is C15H14BrNO2. The van der Waals surface area contributed by atoms with Crippen molar-refractivity contribution in [2.24, 2.45) is 0 Å². The summed E-state index contributed by atoms with van der Waals surface area (Å²) in [4.78, 5) is 10.5. The van der Waals surface area contributed by atoms with Gasteiger partial charge in [0.25, 0.3) is 0 Å². The third-order valence-corrected chi connectivity index (χ3v) is 2.50. The van der Waals surface area contributed by atoms with E-state index in [1.54, 1.807) is 17.0 Å². The van der Waals surface area contributed by atoms with Gasteiger partial charge in [-0.05, 0) is 11.1 Å². The van der Waals surface area contributed by atoms with Gasteiger partial charge >= 0.3 is 5.97 Å². The molecule has 1 aromatic heterocycles. The number of hydrogen-bond donors (Lipinski definition) is 1. The molecule has 0 aliphatic heterocycles. The Morgan fingerprint density at radius 2 is 1.53 bits per heavy atom. The van der Waals surface area contributed by atoms with Crippen LogP contribution in [0.2, 0.25) is 0 Å². The number of carboxylic acids is 1. The molecule has 2 rings (SSSR count). The monoisotopic (exact) mass is 319 g/mol. The van der Waals surface area contributed by atoms with Crippen LogP contribution in [0.3, 0.4) is 0 Å². The molecule has 0 saturated carbocycles. The van der Waals surface area contributed by atoms with Gasteiger partial charge in [-0.25, -0.2) is 4.79 Å². The standard InChI is InChI=1S/C15H13NO2.BrH/c17-15(18)12-16-10-8-14(9-11-16)7-6-13-4-2-1-3-5-13;/h1-11H,12H2;1H/b7-6-;. The molecule has 3 nitrogen and oxygen atoms in total. The van der Waals surface area contributed by atoms with E-state index in [0.29, 0.717) is 0 Å². The molecule has 0 radical (unpaired) electrons. The minimum absolute atomic E-state index is 0. The van der Waals surface area contributed by atoms with Crippen LogP contribution in [0, 0.1) is 0 Å². The van der Waals surface area contributed by atoms with E-state index in [0.717, 1.165) is 11.1 Å². The Hall–Kier alpha value is -1.94. The van der Waals surface area contributed by atoms with Crippen molar-refractivity contribution in [3.63, 3.8) is 0 Å². The number of benzene rings is 1. The van der Waals surface area contributed by atoms with Gasteiger partial charge in [-0.15, -0.1) is 0 Å². The minimum atomic E-state index is -0.840. The molecule has 0 aliphatic carbocycles. The minimum Gasteiger partial charge on any atom is -1.00 e. The highest BCUT2D eigenvalue weighted by molar-refractivity contribution is 5.69. The Bertz CT molecular complexity index is 550. The topological polar surface area (TPSA) is 41.2 Å². The normalized spacial score (nSPS) is 10.1. The number of carbonyl (C=O) groups is 1. The van der Waals surface area contributed by atoms with E-state index in [1.807, 2.05) is 54.6 Å². The largest absolute Gasteiger partial charge is 1.00 e. The quantitative estimate of drug-likeness (QED) is 0.752. The van der Waals surface area contributed by atoms with E-state index in [9.17, 15) is 4.79 Å². The van der Waals surface area contributed by atoms with Gasteiger partial charge < -0.3 is 22.1 Å². The number of carboxylic acid groups (broad SMARTS) is 1. The van der Waals surface area contributed by atoms with Crippen LogP contribution in [0.25, 0.3) is 12.2 Å². The van der Waals surface area contributed by atoms with E-state index < -0.39 is 5.97 Å². The van der Waals surface area contributed by atoms with E-state index in [1.165, 1.54) is 0 Å². The maximum Gasteiger partial charge on any atom is 0.370 e. The first-order valence-electron chi connectivity index (χ1n) is 5.68. The highest BCUT2D eigenvalue weighted by Crippen LogP contribution is 2.06. The molecule has 1 heterocycles. The Labute approximate surface area is 122 Å². The number of rotatable bonds is 4. The van der Waals surface area contributed by atoms with Crippen LogP contribution in [-0.4, -0.2) is 11.1 Å². The summed E-state index contributed by atoms with van der Waals surface area (Å²) < 4.78 is 1.63. The molecular weight excluding hydrogens is 306 g/mol. The molecule has 2 aromatic rings. The first-order chi connectivity index (χ1) is 8.74.